The number of nitrogens with one attached hydrogen (secondary N) is 2. The molecule has 0 unspecified atom stereocenters. The predicted molar refractivity (Wildman–Crippen MR) is 46.2 cm³/mol. The molecule has 0 saturated carbocycles. The molecule has 5 heteroatoms. The SMILES string of the molecule is CC(=O)N[C@@H]1CNC[C@@H](C(=O)O)C1. The maximum Gasteiger partial charge on any atom is 0.307 e. The van der Waals surface area contributed by atoms with Crippen molar-refractivity contribution in [2.45, 2.75) is 19.4 Å². The number of hydrogen-bond donors (Lipinski definition) is 3. The Hall–Kier alpha value is -1.10. The van der Waals surface area contributed by atoms with E-state index < -0.39 is 5.97 Å². The lowest BCUT2D eigenvalue weighted by atomic mass is 9.96. The van der Waals surface area contributed by atoms with E-state index in [1.165, 1.54) is 6.92 Å². The van der Waals surface area contributed by atoms with Crippen molar-refractivity contribution in [3.63, 3.8) is 0 Å². The average Bonchev–Trinajstić information content (AvgIpc) is 2.03. The molecule has 0 radical (unpaired) electrons. The zero-order valence-corrected chi connectivity index (χ0v) is 7.54. The van der Waals surface area contributed by atoms with Gasteiger partial charge in [0.15, 0.2) is 0 Å². The molecule has 1 aliphatic rings. The lowest BCUT2D eigenvalue weighted by Crippen LogP contribution is -2.50. The van der Waals surface area contributed by atoms with Gasteiger partial charge in [-0.25, -0.2) is 0 Å². The predicted octanol–water partition coefficient (Wildman–Crippen LogP) is -0.815. The minimum absolute atomic E-state index is 0.0488. The summed E-state index contributed by atoms with van der Waals surface area (Å²) < 4.78 is 0. The molecular weight excluding hydrogens is 172 g/mol. The Labute approximate surface area is 76.5 Å². The minimum atomic E-state index is -0.803. The third-order valence-electron chi connectivity index (χ3n) is 2.11. The summed E-state index contributed by atoms with van der Waals surface area (Å²) in [5, 5.41) is 14.4. The molecule has 0 aromatic rings. The van der Waals surface area contributed by atoms with Crippen LogP contribution in [0.4, 0.5) is 0 Å². The van der Waals surface area contributed by atoms with Crippen LogP contribution in [0.5, 0.6) is 0 Å². The molecule has 3 N–H and O–H groups in total. The number of hydrogen-bond acceptors (Lipinski definition) is 3. The number of carbonyl (C=O) groups excluding carboxylic acids is 1. The second kappa shape index (κ2) is 4.23. The van der Waals surface area contributed by atoms with Gasteiger partial charge >= 0.3 is 5.97 Å². The van der Waals surface area contributed by atoms with Crippen LogP contribution in [0, 0.1) is 5.92 Å². The normalized spacial score (nSPS) is 28.1. The first kappa shape index (κ1) is 9.98. The van der Waals surface area contributed by atoms with Crippen molar-refractivity contribution in [2.24, 2.45) is 5.92 Å². The van der Waals surface area contributed by atoms with Crippen molar-refractivity contribution in [1.82, 2.24) is 10.6 Å². The molecular formula is C8H14N2O3. The van der Waals surface area contributed by atoms with Gasteiger partial charge in [0.05, 0.1) is 5.92 Å². The Balaban J connectivity index is 2.41. The maximum absolute atomic E-state index is 10.7. The summed E-state index contributed by atoms with van der Waals surface area (Å²) >= 11 is 0. The van der Waals surface area contributed by atoms with E-state index >= 15 is 0 Å². The van der Waals surface area contributed by atoms with Crippen molar-refractivity contribution < 1.29 is 14.7 Å². The van der Waals surface area contributed by atoms with E-state index in [1.807, 2.05) is 0 Å². The Morgan fingerprint density at radius 3 is 2.69 bits per heavy atom. The molecule has 0 spiro atoms. The van der Waals surface area contributed by atoms with E-state index in [-0.39, 0.29) is 17.9 Å². The highest BCUT2D eigenvalue weighted by Gasteiger charge is 2.26. The topological polar surface area (TPSA) is 78.4 Å². The molecule has 1 heterocycles. The average molecular weight is 186 g/mol. The van der Waals surface area contributed by atoms with Gasteiger partial charge < -0.3 is 15.7 Å². The van der Waals surface area contributed by atoms with Gasteiger partial charge in [-0.05, 0) is 6.42 Å². The number of amides is 1. The van der Waals surface area contributed by atoms with Gasteiger partial charge in [-0.2, -0.15) is 0 Å². The summed E-state index contributed by atoms with van der Waals surface area (Å²) in [7, 11) is 0. The van der Waals surface area contributed by atoms with Crippen LogP contribution < -0.4 is 10.6 Å². The highest BCUT2D eigenvalue weighted by Crippen LogP contribution is 2.10. The molecule has 0 aliphatic carbocycles. The number of piperidine rings is 1. The van der Waals surface area contributed by atoms with Crippen LogP contribution in [-0.4, -0.2) is 36.1 Å². The Bertz CT molecular complexity index is 217. The van der Waals surface area contributed by atoms with E-state index in [4.69, 9.17) is 5.11 Å². The first-order valence-electron chi connectivity index (χ1n) is 4.30. The molecule has 1 fully saturated rings. The van der Waals surface area contributed by atoms with Gasteiger partial charge in [0.1, 0.15) is 0 Å². The monoisotopic (exact) mass is 186 g/mol. The van der Waals surface area contributed by atoms with Crippen LogP contribution in [0.15, 0.2) is 0 Å². The molecule has 2 atom stereocenters. The number of carboxylic acid groups (broad SMARTS) is 1. The fourth-order valence-corrected chi connectivity index (χ4v) is 1.53. The van der Waals surface area contributed by atoms with Gasteiger partial charge in [-0.3, -0.25) is 9.59 Å². The molecule has 0 aromatic heterocycles. The van der Waals surface area contributed by atoms with Gasteiger partial charge in [0, 0.05) is 26.1 Å². The Morgan fingerprint density at radius 1 is 1.46 bits per heavy atom. The van der Waals surface area contributed by atoms with Crippen molar-refractivity contribution in [1.29, 1.82) is 0 Å². The number of aliphatic carboxylic acids is 1. The van der Waals surface area contributed by atoms with Crippen LogP contribution in [0.2, 0.25) is 0 Å². The zero-order valence-electron chi connectivity index (χ0n) is 7.54. The number of carbonyl (C=O) groups is 2. The van der Waals surface area contributed by atoms with Crippen molar-refractivity contribution in [2.75, 3.05) is 13.1 Å². The fourth-order valence-electron chi connectivity index (χ4n) is 1.53. The van der Waals surface area contributed by atoms with Crippen LogP contribution in [0.25, 0.3) is 0 Å². The summed E-state index contributed by atoms with van der Waals surface area (Å²) in [6.07, 6.45) is 0.516. The highest BCUT2D eigenvalue weighted by molar-refractivity contribution is 5.74. The minimum Gasteiger partial charge on any atom is -0.481 e. The van der Waals surface area contributed by atoms with Crippen molar-refractivity contribution >= 4 is 11.9 Å². The Morgan fingerprint density at radius 2 is 2.15 bits per heavy atom. The summed E-state index contributed by atoms with van der Waals surface area (Å²) in [6, 6.07) is -0.0488. The van der Waals surface area contributed by atoms with E-state index in [9.17, 15) is 9.59 Å². The van der Waals surface area contributed by atoms with Crippen LogP contribution in [0.1, 0.15) is 13.3 Å². The smallest absolute Gasteiger partial charge is 0.307 e. The summed E-state index contributed by atoms with van der Waals surface area (Å²) in [6.45, 7) is 2.58. The van der Waals surface area contributed by atoms with E-state index in [0.29, 0.717) is 19.5 Å². The van der Waals surface area contributed by atoms with E-state index in [0.717, 1.165) is 0 Å². The number of rotatable bonds is 2. The molecule has 1 amide bonds. The largest absolute Gasteiger partial charge is 0.481 e. The molecule has 1 aliphatic heterocycles. The lowest BCUT2D eigenvalue weighted by molar-refractivity contribution is -0.142. The van der Waals surface area contributed by atoms with E-state index in [2.05, 4.69) is 10.6 Å². The zero-order chi connectivity index (χ0) is 9.84. The molecule has 5 nitrogen and oxygen atoms in total. The molecule has 13 heavy (non-hydrogen) atoms. The van der Waals surface area contributed by atoms with Gasteiger partial charge in [0.25, 0.3) is 0 Å². The summed E-state index contributed by atoms with van der Waals surface area (Å²) in [5.41, 5.74) is 0. The second-order valence-electron chi connectivity index (χ2n) is 3.33. The van der Waals surface area contributed by atoms with Crippen LogP contribution in [-0.2, 0) is 9.59 Å². The molecule has 0 aromatic carbocycles. The van der Waals surface area contributed by atoms with Crippen molar-refractivity contribution in [3.05, 3.63) is 0 Å². The van der Waals surface area contributed by atoms with Crippen LogP contribution in [0.3, 0.4) is 0 Å². The third-order valence-corrected chi connectivity index (χ3v) is 2.11. The van der Waals surface area contributed by atoms with Crippen LogP contribution >= 0.6 is 0 Å². The van der Waals surface area contributed by atoms with Crippen molar-refractivity contribution in [3.8, 4) is 0 Å². The molecule has 74 valence electrons. The maximum atomic E-state index is 10.7. The molecule has 1 rings (SSSR count). The number of carboxylic acids is 1. The first-order chi connectivity index (χ1) is 6.09. The summed E-state index contributed by atoms with van der Waals surface area (Å²) in [4.78, 5) is 21.3. The summed E-state index contributed by atoms with van der Waals surface area (Å²) in [5.74, 6) is -1.30. The first-order valence-corrected chi connectivity index (χ1v) is 4.30. The Kier molecular flexibility index (Phi) is 3.25. The quantitative estimate of drug-likeness (QED) is 0.527. The lowest BCUT2D eigenvalue weighted by Gasteiger charge is -2.27. The second-order valence-corrected chi connectivity index (χ2v) is 3.33. The van der Waals surface area contributed by atoms with Gasteiger partial charge in [-0.1, -0.05) is 0 Å². The molecule has 0 bridgehead atoms. The van der Waals surface area contributed by atoms with Gasteiger partial charge in [-0.15, -0.1) is 0 Å². The highest BCUT2D eigenvalue weighted by atomic mass is 16.4. The third kappa shape index (κ3) is 3.02. The standard InChI is InChI=1S/C8H14N2O3/c1-5(11)10-7-2-6(8(12)13)3-9-4-7/h6-7,9H,2-4H2,1H3,(H,10,11)(H,12,13)/t6-,7-/m0/s1. The fraction of sp³-hybridized carbons (Fsp3) is 0.750. The van der Waals surface area contributed by atoms with E-state index in [1.54, 1.807) is 0 Å². The van der Waals surface area contributed by atoms with Gasteiger partial charge in [0.2, 0.25) is 5.91 Å². The molecule has 1 saturated heterocycles.